The van der Waals surface area contributed by atoms with Crippen LogP contribution in [0.2, 0.25) is 0 Å². The zero-order valence-electron chi connectivity index (χ0n) is 8.85. The second-order valence-electron chi connectivity index (χ2n) is 3.93. The Balaban J connectivity index is 1.94. The summed E-state index contributed by atoms with van der Waals surface area (Å²) in [6.45, 7) is 0.463. The molecular formula is C9H16N6O. The third-order valence-corrected chi connectivity index (χ3v) is 2.55. The molecule has 7 N–H and O–H groups in total. The van der Waals surface area contributed by atoms with Crippen LogP contribution < -0.4 is 22.3 Å². The molecule has 1 fully saturated rings. The van der Waals surface area contributed by atoms with Crippen molar-refractivity contribution in [3.63, 3.8) is 0 Å². The van der Waals surface area contributed by atoms with Crippen molar-refractivity contribution in [1.82, 2.24) is 9.97 Å². The van der Waals surface area contributed by atoms with Gasteiger partial charge in [-0.2, -0.15) is 9.97 Å². The van der Waals surface area contributed by atoms with Crippen molar-refractivity contribution in [1.29, 1.82) is 0 Å². The molecule has 1 aliphatic rings. The highest BCUT2D eigenvalue weighted by Crippen LogP contribution is 2.32. The Hall–Kier alpha value is -1.60. The van der Waals surface area contributed by atoms with Gasteiger partial charge in [0.25, 0.3) is 0 Å². The third-order valence-electron chi connectivity index (χ3n) is 2.55. The van der Waals surface area contributed by atoms with Gasteiger partial charge >= 0.3 is 0 Å². The van der Waals surface area contributed by atoms with Crippen molar-refractivity contribution in [2.75, 3.05) is 23.0 Å². The first-order valence-electron chi connectivity index (χ1n) is 5.22. The fraction of sp³-hybridized carbons (Fsp3) is 0.556. The van der Waals surface area contributed by atoms with Crippen LogP contribution in [0, 0.1) is 5.92 Å². The van der Waals surface area contributed by atoms with E-state index >= 15 is 0 Å². The largest absolute Gasteiger partial charge is 0.391 e. The highest BCUT2D eigenvalue weighted by Gasteiger charge is 2.29. The summed E-state index contributed by atoms with van der Waals surface area (Å²) >= 11 is 0. The Kier molecular flexibility index (Phi) is 3.07. The SMILES string of the molecule is NNc1cc(NCC(O)C2CC2)nc(N)n1. The number of hydrazine groups is 1. The quantitative estimate of drug-likeness (QED) is 0.338. The van der Waals surface area contributed by atoms with Crippen LogP contribution in [0.15, 0.2) is 6.07 Å². The molecule has 0 aromatic carbocycles. The Bertz CT molecular complexity index is 367. The van der Waals surface area contributed by atoms with E-state index in [9.17, 15) is 5.11 Å². The number of aromatic nitrogens is 2. The molecule has 1 aliphatic carbocycles. The number of hydrogen-bond donors (Lipinski definition) is 5. The number of rotatable bonds is 5. The van der Waals surface area contributed by atoms with E-state index in [-0.39, 0.29) is 12.1 Å². The van der Waals surface area contributed by atoms with Gasteiger partial charge in [-0.05, 0) is 18.8 Å². The first-order valence-corrected chi connectivity index (χ1v) is 5.22. The lowest BCUT2D eigenvalue weighted by atomic mass is 10.2. The molecule has 1 unspecified atom stereocenters. The van der Waals surface area contributed by atoms with Gasteiger partial charge in [-0.1, -0.05) is 0 Å². The molecule has 1 atom stereocenters. The third kappa shape index (κ3) is 2.71. The van der Waals surface area contributed by atoms with Crippen LogP contribution >= 0.6 is 0 Å². The number of nitrogens with zero attached hydrogens (tertiary/aromatic N) is 2. The molecule has 0 amide bonds. The molecule has 7 heteroatoms. The molecule has 2 rings (SSSR count). The lowest BCUT2D eigenvalue weighted by Gasteiger charge is -2.11. The smallest absolute Gasteiger partial charge is 0.223 e. The molecule has 16 heavy (non-hydrogen) atoms. The molecule has 0 aliphatic heterocycles. The summed E-state index contributed by atoms with van der Waals surface area (Å²) in [6.07, 6.45) is 1.87. The van der Waals surface area contributed by atoms with Gasteiger partial charge in [0.2, 0.25) is 5.95 Å². The second kappa shape index (κ2) is 4.50. The molecule has 0 saturated heterocycles. The minimum atomic E-state index is -0.328. The molecule has 0 radical (unpaired) electrons. The Morgan fingerprint density at radius 3 is 2.75 bits per heavy atom. The van der Waals surface area contributed by atoms with Crippen LogP contribution in [0.25, 0.3) is 0 Å². The van der Waals surface area contributed by atoms with Gasteiger partial charge in [0.15, 0.2) is 0 Å². The van der Waals surface area contributed by atoms with Gasteiger partial charge in [-0.3, -0.25) is 0 Å². The van der Waals surface area contributed by atoms with Crippen LogP contribution in [0.5, 0.6) is 0 Å². The standard InChI is InChI=1S/C9H16N6O/c10-9-13-7(3-8(14-9)15-11)12-4-6(16)5-1-2-5/h3,5-6,16H,1-2,4,11H2,(H4,10,12,13,14,15). The highest BCUT2D eigenvalue weighted by molar-refractivity contribution is 5.50. The fourth-order valence-electron chi connectivity index (χ4n) is 1.49. The van der Waals surface area contributed by atoms with Crippen molar-refractivity contribution in [2.24, 2.45) is 11.8 Å². The minimum Gasteiger partial charge on any atom is -0.391 e. The van der Waals surface area contributed by atoms with Crippen molar-refractivity contribution in [3.8, 4) is 0 Å². The van der Waals surface area contributed by atoms with Crippen molar-refractivity contribution >= 4 is 17.6 Å². The first-order chi connectivity index (χ1) is 7.69. The normalized spacial score (nSPS) is 16.9. The van der Waals surface area contributed by atoms with E-state index in [4.69, 9.17) is 11.6 Å². The molecule has 88 valence electrons. The molecule has 0 bridgehead atoms. The summed E-state index contributed by atoms with van der Waals surface area (Å²) < 4.78 is 0. The van der Waals surface area contributed by atoms with E-state index in [0.29, 0.717) is 24.1 Å². The number of aliphatic hydroxyl groups excluding tert-OH is 1. The highest BCUT2D eigenvalue weighted by atomic mass is 16.3. The summed E-state index contributed by atoms with van der Waals surface area (Å²) in [5.41, 5.74) is 7.89. The minimum absolute atomic E-state index is 0.138. The predicted octanol–water partition coefficient (Wildman–Crippen LogP) is -0.473. The van der Waals surface area contributed by atoms with Gasteiger partial charge in [0.1, 0.15) is 11.6 Å². The molecule has 1 saturated carbocycles. The Morgan fingerprint density at radius 2 is 2.12 bits per heavy atom. The molecule has 0 spiro atoms. The van der Waals surface area contributed by atoms with Crippen molar-refractivity contribution in [3.05, 3.63) is 6.07 Å². The first kappa shape index (κ1) is 10.9. The zero-order chi connectivity index (χ0) is 11.5. The van der Waals surface area contributed by atoms with E-state index in [1.165, 1.54) is 0 Å². The number of hydrogen-bond acceptors (Lipinski definition) is 7. The number of aliphatic hydroxyl groups is 1. The van der Waals surface area contributed by atoms with Crippen molar-refractivity contribution in [2.45, 2.75) is 18.9 Å². The molecule has 1 aromatic rings. The van der Waals surface area contributed by atoms with Gasteiger partial charge < -0.3 is 21.6 Å². The van der Waals surface area contributed by atoms with Crippen LogP contribution in [0.3, 0.4) is 0 Å². The molecular weight excluding hydrogens is 208 g/mol. The summed E-state index contributed by atoms with van der Waals surface area (Å²) in [7, 11) is 0. The predicted molar refractivity (Wildman–Crippen MR) is 61.5 cm³/mol. The molecule has 1 heterocycles. The zero-order valence-corrected chi connectivity index (χ0v) is 8.85. The topological polar surface area (TPSA) is 122 Å². The number of nitrogens with one attached hydrogen (secondary N) is 2. The van der Waals surface area contributed by atoms with Gasteiger partial charge in [0.05, 0.1) is 6.10 Å². The number of anilines is 3. The van der Waals surface area contributed by atoms with E-state index in [1.54, 1.807) is 6.07 Å². The van der Waals surface area contributed by atoms with Crippen LogP contribution in [0.1, 0.15) is 12.8 Å². The Labute approximate surface area is 93.2 Å². The maximum Gasteiger partial charge on any atom is 0.223 e. The van der Waals surface area contributed by atoms with E-state index in [0.717, 1.165) is 12.8 Å². The fourth-order valence-corrected chi connectivity index (χ4v) is 1.49. The van der Waals surface area contributed by atoms with Gasteiger partial charge in [-0.15, -0.1) is 0 Å². The van der Waals surface area contributed by atoms with Crippen LogP contribution in [0.4, 0.5) is 17.6 Å². The van der Waals surface area contributed by atoms with Gasteiger partial charge in [0, 0.05) is 12.6 Å². The summed E-state index contributed by atoms with van der Waals surface area (Å²) in [6, 6.07) is 1.63. The number of nitrogen functional groups attached to an aromatic ring is 2. The Morgan fingerprint density at radius 1 is 1.44 bits per heavy atom. The van der Waals surface area contributed by atoms with Gasteiger partial charge in [-0.25, -0.2) is 5.84 Å². The lowest BCUT2D eigenvalue weighted by molar-refractivity contribution is 0.164. The number of nitrogens with two attached hydrogens (primary N) is 2. The average Bonchev–Trinajstić information content (AvgIpc) is 3.08. The summed E-state index contributed by atoms with van der Waals surface area (Å²) in [4.78, 5) is 7.84. The van der Waals surface area contributed by atoms with E-state index in [1.807, 2.05) is 0 Å². The average molecular weight is 224 g/mol. The maximum absolute atomic E-state index is 9.67. The van der Waals surface area contributed by atoms with Crippen LogP contribution in [-0.2, 0) is 0 Å². The lowest BCUT2D eigenvalue weighted by Crippen LogP contribution is -2.22. The summed E-state index contributed by atoms with van der Waals surface area (Å²) in [5.74, 6) is 6.79. The molecule has 1 aromatic heterocycles. The van der Waals surface area contributed by atoms with Crippen LogP contribution in [-0.4, -0.2) is 27.7 Å². The maximum atomic E-state index is 9.67. The monoisotopic (exact) mass is 224 g/mol. The second-order valence-corrected chi connectivity index (χ2v) is 3.93. The van der Waals surface area contributed by atoms with Crippen molar-refractivity contribution < 1.29 is 5.11 Å². The summed E-state index contributed by atoms with van der Waals surface area (Å²) in [5, 5.41) is 12.7. The molecule has 7 nitrogen and oxygen atoms in total. The van der Waals surface area contributed by atoms with E-state index < -0.39 is 0 Å². The van der Waals surface area contributed by atoms with E-state index in [2.05, 4.69) is 20.7 Å².